The van der Waals surface area contributed by atoms with Crippen LogP contribution < -0.4 is 5.32 Å². The van der Waals surface area contributed by atoms with Gasteiger partial charge in [-0.3, -0.25) is 18.6 Å². The van der Waals surface area contributed by atoms with Gasteiger partial charge >= 0.3 is 13.8 Å². The first kappa shape index (κ1) is 84.6. The normalized spacial score (nSPS) is 14.5. The SMILES string of the molecule is CC/C=C\C/C=C\C/C=C\C/C=C\C/C=C\C/C=C\CCCCCCCCCCC(=O)OC(/C=C/CCCCCCCCCCCCC)C(COP(=O)(O)OCC[N+](C)(C)C)NC(=O)CCCCCC/C=C\C/C=C\C/C=C\C/C=C\C/C=C\C/C=C\CC. The van der Waals surface area contributed by atoms with Gasteiger partial charge in [-0.25, -0.2) is 4.57 Å². The van der Waals surface area contributed by atoms with E-state index in [-0.39, 0.29) is 31.5 Å². The molecule has 0 aliphatic carbocycles. The number of likely N-dealkylation sites (N-methyl/N-ethyl adjacent to an activating group) is 1. The molecule has 0 bridgehead atoms. The Labute approximate surface area is 548 Å². The van der Waals surface area contributed by atoms with Crippen molar-refractivity contribution >= 4 is 19.7 Å². The number of nitrogens with one attached hydrogen (secondary N) is 1. The number of phosphoric acid groups is 1. The van der Waals surface area contributed by atoms with Gasteiger partial charge in [0.25, 0.3) is 0 Å². The first-order valence-corrected chi connectivity index (χ1v) is 37.3. The second kappa shape index (κ2) is 66.5. The van der Waals surface area contributed by atoms with Crippen molar-refractivity contribution in [2.24, 2.45) is 0 Å². The number of ether oxygens (including phenoxy) is 1. The van der Waals surface area contributed by atoms with E-state index in [9.17, 15) is 19.0 Å². The number of carbonyl (C=O) groups is 2. The van der Waals surface area contributed by atoms with E-state index in [1.807, 2.05) is 33.3 Å². The Hall–Kier alpha value is -4.37. The summed E-state index contributed by atoms with van der Waals surface area (Å²) in [6.07, 6.45) is 98.2. The number of carbonyl (C=O) groups excluding carboxylic acids is 2. The number of hydrogen-bond donors (Lipinski definition) is 2. The number of esters is 1. The van der Waals surface area contributed by atoms with Crippen LogP contribution in [0.5, 0.6) is 0 Å². The van der Waals surface area contributed by atoms with Crippen molar-refractivity contribution in [3.63, 3.8) is 0 Å². The Balaban J connectivity index is 5.20. The molecule has 0 heterocycles. The summed E-state index contributed by atoms with van der Waals surface area (Å²) in [7, 11) is 1.45. The van der Waals surface area contributed by atoms with Crippen molar-refractivity contribution in [3.05, 3.63) is 158 Å². The smallest absolute Gasteiger partial charge is 0.456 e. The summed E-state index contributed by atoms with van der Waals surface area (Å²) in [6.45, 7) is 6.75. The van der Waals surface area contributed by atoms with Crippen LogP contribution in [0.15, 0.2) is 158 Å². The van der Waals surface area contributed by atoms with Gasteiger partial charge in [-0.2, -0.15) is 0 Å². The minimum Gasteiger partial charge on any atom is -0.456 e. The first-order chi connectivity index (χ1) is 43.4. The zero-order valence-electron chi connectivity index (χ0n) is 57.9. The third kappa shape index (κ3) is 67.8. The molecule has 1 amide bonds. The van der Waals surface area contributed by atoms with E-state index in [0.29, 0.717) is 23.9 Å². The zero-order valence-corrected chi connectivity index (χ0v) is 58.8. The van der Waals surface area contributed by atoms with Crippen LogP contribution in [0.3, 0.4) is 0 Å². The average Bonchev–Trinajstić information content (AvgIpc) is 3.63. The molecule has 9 nitrogen and oxygen atoms in total. The molecule has 0 rings (SSSR count). The average molecular weight is 1250 g/mol. The number of phosphoric ester groups is 1. The molecular formula is C79H134N2O7P+. The van der Waals surface area contributed by atoms with Crippen LogP contribution in [-0.4, -0.2) is 74.3 Å². The Morgan fingerprint density at radius 1 is 0.404 bits per heavy atom. The Kier molecular flexibility index (Phi) is 63.3. The molecule has 0 saturated carbocycles. The van der Waals surface area contributed by atoms with Gasteiger partial charge in [0, 0.05) is 12.8 Å². The van der Waals surface area contributed by atoms with Gasteiger partial charge in [-0.1, -0.05) is 288 Å². The minimum absolute atomic E-state index is 0.0245. The molecular weight excluding hydrogens is 1120 g/mol. The molecule has 0 fully saturated rings. The van der Waals surface area contributed by atoms with E-state index in [2.05, 4.69) is 172 Å². The predicted molar refractivity (Wildman–Crippen MR) is 387 cm³/mol. The number of unbranched alkanes of at least 4 members (excludes halogenated alkanes) is 23. The highest BCUT2D eigenvalue weighted by Crippen LogP contribution is 2.43. The van der Waals surface area contributed by atoms with Crippen molar-refractivity contribution < 1.29 is 37.3 Å². The molecule has 0 aromatic heterocycles. The lowest BCUT2D eigenvalue weighted by Gasteiger charge is -2.27. The minimum atomic E-state index is -4.48. The standard InChI is InChI=1S/C79H133N2O7P/c1-7-10-13-16-19-22-25-28-30-32-34-36-38-39-40-41-43-45-47-49-51-54-57-60-63-66-69-72-79(83)88-77(70-67-64-61-58-55-52-27-24-21-18-15-12-9-3)76(75-87-89(84,85)86-74-73-81(4,5)6)80-78(82)71-68-65-62-59-56-53-50-48-46-44-42-37-35-33-31-29-26-23-20-17-14-11-8-2/h10-11,13-14,19-20,22-23,28-31,34-37,39-40,43-46,50,53,67,70,76-77H,7-9,12,15-18,21,24-27,32-33,38,41-42,47-49,51-52,54-66,68-69,71-75H2,1-6H3,(H-,80,82,84,85)/p+1/b13-10-,14-11-,22-19-,23-20-,30-28-,31-29-,36-34-,37-35-,40-39-,45-43-,46-44-,53-50-,70-67+. The second-order valence-electron chi connectivity index (χ2n) is 24.6. The summed E-state index contributed by atoms with van der Waals surface area (Å²) < 4.78 is 30.8. The van der Waals surface area contributed by atoms with E-state index in [4.69, 9.17) is 13.8 Å². The van der Waals surface area contributed by atoms with E-state index < -0.39 is 20.0 Å². The van der Waals surface area contributed by atoms with Gasteiger partial charge in [0.2, 0.25) is 5.91 Å². The van der Waals surface area contributed by atoms with Crippen molar-refractivity contribution in [2.45, 2.75) is 290 Å². The van der Waals surface area contributed by atoms with Crippen molar-refractivity contribution in [1.29, 1.82) is 0 Å². The van der Waals surface area contributed by atoms with Crippen LogP contribution in [-0.2, 0) is 27.9 Å². The Bertz CT molecular complexity index is 2080. The van der Waals surface area contributed by atoms with E-state index in [1.54, 1.807) is 0 Å². The maximum Gasteiger partial charge on any atom is 0.472 e. The van der Waals surface area contributed by atoms with Crippen LogP contribution in [0, 0.1) is 0 Å². The molecule has 10 heteroatoms. The number of quaternary nitrogens is 1. The second-order valence-corrected chi connectivity index (χ2v) is 26.1. The van der Waals surface area contributed by atoms with Crippen LogP contribution >= 0.6 is 7.82 Å². The van der Waals surface area contributed by atoms with Gasteiger partial charge in [-0.15, -0.1) is 0 Å². The fraction of sp³-hybridized carbons (Fsp3) is 0.646. The van der Waals surface area contributed by atoms with Crippen molar-refractivity contribution in [1.82, 2.24) is 5.32 Å². The summed E-state index contributed by atoms with van der Waals surface area (Å²) in [5.41, 5.74) is 0. The van der Waals surface area contributed by atoms with Gasteiger partial charge in [0.05, 0.1) is 33.8 Å². The Morgan fingerprint density at radius 2 is 0.719 bits per heavy atom. The van der Waals surface area contributed by atoms with Gasteiger partial charge in [0.1, 0.15) is 19.3 Å². The largest absolute Gasteiger partial charge is 0.472 e. The van der Waals surface area contributed by atoms with Crippen LogP contribution in [0.2, 0.25) is 0 Å². The fourth-order valence-corrected chi connectivity index (χ4v) is 10.3. The summed E-state index contributed by atoms with van der Waals surface area (Å²) in [5.74, 6) is -0.552. The number of allylic oxidation sites excluding steroid dienone is 25. The van der Waals surface area contributed by atoms with Gasteiger partial charge < -0.3 is 19.4 Å². The first-order valence-electron chi connectivity index (χ1n) is 35.8. The molecule has 0 aromatic rings. The van der Waals surface area contributed by atoms with Gasteiger partial charge in [0.15, 0.2) is 0 Å². The van der Waals surface area contributed by atoms with E-state index in [1.165, 1.54) is 83.5 Å². The molecule has 506 valence electrons. The lowest BCUT2D eigenvalue weighted by molar-refractivity contribution is -0.870. The van der Waals surface area contributed by atoms with Crippen molar-refractivity contribution in [3.8, 4) is 0 Å². The van der Waals surface area contributed by atoms with Crippen LogP contribution in [0.1, 0.15) is 278 Å². The molecule has 3 unspecified atom stereocenters. The molecule has 0 aliphatic heterocycles. The third-order valence-corrected chi connectivity index (χ3v) is 15.9. The van der Waals surface area contributed by atoms with Crippen molar-refractivity contribution in [2.75, 3.05) is 40.9 Å². The lowest BCUT2D eigenvalue weighted by atomic mass is 10.0. The summed E-state index contributed by atoms with van der Waals surface area (Å²) in [4.78, 5) is 37.9. The van der Waals surface area contributed by atoms with Crippen LogP contribution in [0.4, 0.5) is 0 Å². The maximum atomic E-state index is 13.6. The highest BCUT2D eigenvalue weighted by molar-refractivity contribution is 7.47. The number of rotatable bonds is 63. The number of amides is 1. The highest BCUT2D eigenvalue weighted by atomic mass is 31.2. The molecule has 3 atom stereocenters. The molecule has 0 aliphatic rings. The highest BCUT2D eigenvalue weighted by Gasteiger charge is 2.30. The van der Waals surface area contributed by atoms with E-state index >= 15 is 0 Å². The molecule has 0 radical (unpaired) electrons. The predicted octanol–water partition coefficient (Wildman–Crippen LogP) is 23.1. The molecule has 2 N–H and O–H groups in total. The topological polar surface area (TPSA) is 111 Å². The number of hydrogen-bond acceptors (Lipinski definition) is 6. The summed E-state index contributed by atoms with van der Waals surface area (Å²) >= 11 is 0. The quantitative estimate of drug-likeness (QED) is 0.0205. The summed E-state index contributed by atoms with van der Waals surface area (Å²) in [5, 5.41) is 3.05. The van der Waals surface area contributed by atoms with E-state index in [0.717, 1.165) is 154 Å². The maximum absolute atomic E-state index is 13.6. The molecule has 0 saturated heterocycles. The summed E-state index contributed by atoms with van der Waals surface area (Å²) in [6, 6.07) is -0.880. The third-order valence-electron chi connectivity index (χ3n) is 15.0. The Morgan fingerprint density at radius 3 is 1.08 bits per heavy atom. The van der Waals surface area contributed by atoms with Gasteiger partial charge in [-0.05, 0) is 134 Å². The fourth-order valence-electron chi connectivity index (χ4n) is 9.54. The lowest BCUT2D eigenvalue weighted by Crippen LogP contribution is -2.47. The molecule has 0 spiro atoms. The molecule has 0 aromatic carbocycles. The van der Waals surface area contributed by atoms with Crippen LogP contribution in [0.25, 0.3) is 0 Å². The molecule has 89 heavy (non-hydrogen) atoms. The zero-order chi connectivity index (χ0) is 64.9. The number of nitrogens with zero attached hydrogens (tertiary/aromatic N) is 1. The monoisotopic (exact) mass is 1250 g/mol.